The van der Waals surface area contributed by atoms with Gasteiger partial charge in [-0.3, -0.25) is 0 Å². The van der Waals surface area contributed by atoms with Crippen LogP contribution in [0.3, 0.4) is 0 Å². The molecule has 0 radical (unpaired) electrons. The van der Waals surface area contributed by atoms with Gasteiger partial charge in [0, 0.05) is 12.4 Å². The van der Waals surface area contributed by atoms with Crippen LogP contribution in [0.4, 0.5) is 0 Å². The Kier molecular flexibility index (Phi) is 3.96. The van der Waals surface area contributed by atoms with Crippen molar-refractivity contribution in [3.05, 3.63) is 48.3 Å². The number of carbonyl (C=O) groups is 1. The lowest BCUT2D eigenvalue weighted by atomic mass is 10.2. The van der Waals surface area contributed by atoms with Crippen molar-refractivity contribution >= 4 is 5.97 Å². The lowest BCUT2D eigenvalue weighted by Crippen LogP contribution is -2.25. The van der Waals surface area contributed by atoms with Crippen LogP contribution in [0.1, 0.15) is 24.2 Å². The third-order valence-corrected chi connectivity index (χ3v) is 3.34. The summed E-state index contributed by atoms with van der Waals surface area (Å²) in [5.41, 5.74) is 1.14. The van der Waals surface area contributed by atoms with Crippen LogP contribution in [-0.4, -0.2) is 40.9 Å². The molecule has 1 saturated heterocycles. The molecule has 1 fully saturated rings. The summed E-state index contributed by atoms with van der Waals surface area (Å²) in [5.74, 6) is -1.02. The van der Waals surface area contributed by atoms with Gasteiger partial charge in [0.2, 0.25) is 0 Å². The number of esters is 1. The fourth-order valence-corrected chi connectivity index (χ4v) is 2.35. The van der Waals surface area contributed by atoms with E-state index in [9.17, 15) is 4.79 Å². The number of benzene rings is 1. The minimum atomic E-state index is -0.621. The number of hydrogen-bond donors (Lipinski definition) is 0. The number of nitrogens with zero attached hydrogens (tertiary/aromatic N) is 2. The lowest BCUT2D eigenvalue weighted by molar-refractivity contribution is -0.142. The molecule has 1 aromatic heterocycles. The minimum Gasteiger partial charge on any atom is -0.459 e. The second kappa shape index (κ2) is 5.90. The molecule has 1 atom stereocenters. The molecular formula is C16H18N2O4. The van der Waals surface area contributed by atoms with Crippen LogP contribution in [0.25, 0.3) is 5.69 Å². The van der Waals surface area contributed by atoms with Crippen LogP contribution in [-0.2, 0) is 14.2 Å². The first-order chi connectivity index (χ1) is 10.6. The van der Waals surface area contributed by atoms with Gasteiger partial charge in [0.1, 0.15) is 12.7 Å². The van der Waals surface area contributed by atoms with Gasteiger partial charge in [-0.05, 0) is 32.0 Å². The van der Waals surface area contributed by atoms with Crippen molar-refractivity contribution in [2.45, 2.75) is 25.7 Å². The molecule has 0 amide bonds. The molecule has 0 unspecified atom stereocenters. The molecule has 0 N–H and O–H groups in total. The van der Waals surface area contributed by atoms with Gasteiger partial charge < -0.3 is 14.2 Å². The average molecular weight is 302 g/mol. The lowest BCUT2D eigenvalue weighted by Gasteiger charge is -2.17. The Bertz CT molecular complexity index is 652. The predicted molar refractivity (Wildman–Crippen MR) is 78.8 cm³/mol. The second-order valence-corrected chi connectivity index (χ2v) is 5.52. The maximum absolute atomic E-state index is 12.3. The molecule has 0 bridgehead atoms. The monoisotopic (exact) mass is 302 g/mol. The van der Waals surface area contributed by atoms with E-state index in [0.717, 1.165) is 0 Å². The van der Waals surface area contributed by atoms with Crippen LogP contribution < -0.4 is 0 Å². The molecule has 6 nitrogen and oxygen atoms in total. The van der Waals surface area contributed by atoms with Crippen molar-refractivity contribution in [3.8, 4) is 5.69 Å². The van der Waals surface area contributed by atoms with Crippen molar-refractivity contribution in [2.75, 3.05) is 13.2 Å². The smallest absolute Gasteiger partial charge is 0.340 e. The zero-order valence-electron chi connectivity index (χ0n) is 12.6. The van der Waals surface area contributed by atoms with E-state index in [1.165, 1.54) is 0 Å². The summed E-state index contributed by atoms with van der Waals surface area (Å²) < 4.78 is 18.1. The Labute approximate surface area is 128 Å². The van der Waals surface area contributed by atoms with Crippen LogP contribution >= 0.6 is 0 Å². The fourth-order valence-electron chi connectivity index (χ4n) is 2.35. The van der Waals surface area contributed by atoms with E-state index in [1.54, 1.807) is 35.3 Å². The second-order valence-electron chi connectivity index (χ2n) is 5.52. The summed E-state index contributed by atoms with van der Waals surface area (Å²) in [5, 5.41) is 4.15. The Morgan fingerprint density at radius 3 is 2.91 bits per heavy atom. The molecule has 22 heavy (non-hydrogen) atoms. The van der Waals surface area contributed by atoms with Gasteiger partial charge in [-0.15, -0.1) is 0 Å². The summed E-state index contributed by atoms with van der Waals surface area (Å²) in [6.07, 6.45) is 3.20. The standard InChI is InChI=1S/C16H18N2O4/c1-16(2)21-11-12(22-16)10-20-15(19)13-6-3-4-7-14(13)18-9-5-8-17-18/h3-9,12H,10-11H2,1-2H3/t12-/m0/s1. The molecule has 6 heteroatoms. The highest BCUT2D eigenvalue weighted by Gasteiger charge is 2.33. The molecule has 3 rings (SSSR count). The molecule has 0 aliphatic carbocycles. The van der Waals surface area contributed by atoms with Crippen molar-refractivity contribution in [2.24, 2.45) is 0 Å². The summed E-state index contributed by atoms with van der Waals surface area (Å²) in [6.45, 7) is 4.25. The van der Waals surface area contributed by atoms with Gasteiger partial charge >= 0.3 is 5.97 Å². The Hall–Kier alpha value is -2.18. The first kappa shape index (κ1) is 14.7. The number of hydrogen-bond acceptors (Lipinski definition) is 5. The van der Waals surface area contributed by atoms with E-state index in [2.05, 4.69) is 5.10 Å². The molecule has 2 aromatic rings. The predicted octanol–water partition coefficient (Wildman–Crippen LogP) is 2.18. The van der Waals surface area contributed by atoms with E-state index < -0.39 is 11.8 Å². The molecule has 116 valence electrons. The van der Waals surface area contributed by atoms with E-state index in [4.69, 9.17) is 14.2 Å². The number of aromatic nitrogens is 2. The topological polar surface area (TPSA) is 62.6 Å². The van der Waals surface area contributed by atoms with Crippen LogP contribution in [0, 0.1) is 0 Å². The average Bonchev–Trinajstić information content (AvgIpc) is 3.14. The van der Waals surface area contributed by atoms with Gasteiger partial charge in [0.05, 0.1) is 17.9 Å². The minimum absolute atomic E-state index is 0.162. The zero-order chi connectivity index (χ0) is 15.6. The zero-order valence-corrected chi connectivity index (χ0v) is 12.6. The quantitative estimate of drug-likeness (QED) is 0.810. The summed E-state index contributed by atoms with van der Waals surface area (Å²) in [6, 6.07) is 8.98. The van der Waals surface area contributed by atoms with Gasteiger partial charge in [-0.25, -0.2) is 9.48 Å². The normalized spacial score (nSPS) is 20.0. The maximum Gasteiger partial charge on any atom is 0.340 e. The van der Waals surface area contributed by atoms with E-state index in [0.29, 0.717) is 17.9 Å². The first-order valence-corrected chi connectivity index (χ1v) is 7.13. The van der Waals surface area contributed by atoms with Crippen LogP contribution in [0.5, 0.6) is 0 Å². The van der Waals surface area contributed by atoms with Gasteiger partial charge in [0.25, 0.3) is 0 Å². The van der Waals surface area contributed by atoms with Crippen molar-refractivity contribution < 1.29 is 19.0 Å². The Morgan fingerprint density at radius 1 is 1.41 bits per heavy atom. The third-order valence-electron chi connectivity index (χ3n) is 3.34. The molecular weight excluding hydrogens is 284 g/mol. The molecule has 1 aliphatic heterocycles. The maximum atomic E-state index is 12.3. The summed E-state index contributed by atoms with van der Waals surface area (Å²) in [4.78, 5) is 12.3. The molecule has 0 spiro atoms. The third kappa shape index (κ3) is 3.18. The Morgan fingerprint density at radius 2 is 2.23 bits per heavy atom. The molecule has 1 aromatic carbocycles. The van der Waals surface area contributed by atoms with E-state index in [-0.39, 0.29) is 12.7 Å². The summed E-state index contributed by atoms with van der Waals surface area (Å²) >= 11 is 0. The first-order valence-electron chi connectivity index (χ1n) is 7.13. The number of carbonyl (C=O) groups excluding carboxylic acids is 1. The van der Waals surface area contributed by atoms with Gasteiger partial charge in [-0.2, -0.15) is 5.10 Å². The van der Waals surface area contributed by atoms with Gasteiger partial charge in [0.15, 0.2) is 5.79 Å². The number of rotatable bonds is 4. The van der Waals surface area contributed by atoms with Crippen molar-refractivity contribution in [3.63, 3.8) is 0 Å². The van der Waals surface area contributed by atoms with E-state index in [1.807, 2.05) is 26.0 Å². The highest BCUT2D eigenvalue weighted by Crippen LogP contribution is 2.23. The number of para-hydroxylation sites is 1. The largest absolute Gasteiger partial charge is 0.459 e. The molecule has 1 aliphatic rings. The molecule has 0 saturated carbocycles. The highest BCUT2D eigenvalue weighted by molar-refractivity contribution is 5.93. The highest BCUT2D eigenvalue weighted by atomic mass is 16.7. The van der Waals surface area contributed by atoms with Crippen molar-refractivity contribution in [1.82, 2.24) is 9.78 Å². The SMILES string of the molecule is CC1(C)OC[C@H](COC(=O)c2ccccc2-n2cccn2)O1. The number of ether oxygens (including phenoxy) is 3. The van der Waals surface area contributed by atoms with Crippen LogP contribution in [0.15, 0.2) is 42.7 Å². The van der Waals surface area contributed by atoms with E-state index >= 15 is 0 Å². The van der Waals surface area contributed by atoms with Gasteiger partial charge in [-0.1, -0.05) is 12.1 Å². The molecule has 2 heterocycles. The summed E-state index contributed by atoms with van der Waals surface area (Å²) in [7, 11) is 0. The van der Waals surface area contributed by atoms with Crippen LogP contribution in [0.2, 0.25) is 0 Å². The van der Waals surface area contributed by atoms with Crippen molar-refractivity contribution in [1.29, 1.82) is 0 Å². The fraction of sp³-hybridized carbons (Fsp3) is 0.375. The Balaban J connectivity index is 1.68.